The van der Waals surface area contributed by atoms with Gasteiger partial charge in [0.25, 0.3) is 5.19 Å². The molecule has 36 heavy (non-hydrogen) atoms. The van der Waals surface area contributed by atoms with E-state index < -0.39 is 0 Å². The number of halogens is 1. The van der Waals surface area contributed by atoms with Crippen LogP contribution >= 0.6 is 22.9 Å². The maximum absolute atomic E-state index is 6.36. The number of hydrogen-bond donors (Lipinski definition) is 0. The fraction of sp³-hybridized carbons (Fsp3) is 0.120. The summed E-state index contributed by atoms with van der Waals surface area (Å²) in [4.78, 5) is 13.9. The van der Waals surface area contributed by atoms with Crippen LogP contribution in [0.25, 0.3) is 38.6 Å². The number of rotatable bonds is 7. The number of nitrogens with zero attached hydrogens (tertiary/aromatic N) is 5. The molecule has 0 saturated heterocycles. The van der Waals surface area contributed by atoms with Crippen molar-refractivity contribution < 1.29 is 18.6 Å². The van der Waals surface area contributed by atoms with E-state index in [1.807, 2.05) is 30.3 Å². The molecule has 11 heteroatoms. The van der Waals surface area contributed by atoms with E-state index in [2.05, 4.69) is 20.1 Å². The second kappa shape index (κ2) is 9.14. The zero-order chi connectivity index (χ0) is 24.6. The lowest BCUT2D eigenvalue weighted by molar-refractivity contribution is 0.310. The molecule has 0 fully saturated rings. The van der Waals surface area contributed by atoms with Gasteiger partial charge >= 0.3 is 0 Å². The summed E-state index contributed by atoms with van der Waals surface area (Å²) in [5, 5.41) is 6.16. The van der Waals surface area contributed by atoms with Crippen LogP contribution in [0.4, 0.5) is 0 Å². The quantitative estimate of drug-likeness (QED) is 0.257. The molecule has 6 aromatic rings. The van der Waals surface area contributed by atoms with E-state index in [-0.39, 0.29) is 0 Å². The van der Waals surface area contributed by atoms with Gasteiger partial charge in [-0.2, -0.15) is 0 Å². The molecule has 2 aromatic carbocycles. The summed E-state index contributed by atoms with van der Waals surface area (Å²) in [7, 11) is 3.14. The standard InChI is InChI=1S/C25H18ClN5O4S/c1-32-23-11-27-18(10-28-23)15-5-3-4-14(6-15)13-34-20-7-16(26)8-21-17(20)9-22(35-21)19-12-31-24(29-19)36-25(30-31)33-2/h3-12H,13H2,1-2H3. The normalized spacial score (nSPS) is 11.3. The molecule has 0 saturated carbocycles. The van der Waals surface area contributed by atoms with Crippen LogP contribution in [0.15, 0.2) is 65.5 Å². The lowest BCUT2D eigenvalue weighted by Gasteiger charge is -2.09. The Morgan fingerprint density at radius 3 is 2.72 bits per heavy atom. The van der Waals surface area contributed by atoms with Crippen LogP contribution in [-0.4, -0.2) is 38.8 Å². The van der Waals surface area contributed by atoms with Crippen LogP contribution in [0.1, 0.15) is 5.56 Å². The number of furan rings is 1. The van der Waals surface area contributed by atoms with Gasteiger partial charge in [-0.1, -0.05) is 29.8 Å². The number of benzene rings is 2. The van der Waals surface area contributed by atoms with Crippen LogP contribution in [-0.2, 0) is 6.61 Å². The van der Waals surface area contributed by atoms with Crippen molar-refractivity contribution in [2.75, 3.05) is 14.2 Å². The maximum atomic E-state index is 6.36. The largest absolute Gasteiger partial charge is 0.488 e. The van der Waals surface area contributed by atoms with E-state index in [9.17, 15) is 0 Å². The maximum Gasteiger partial charge on any atom is 0.294 e. The molecule has 0 atom stereocenters. The lowest BCUT2D eigenvalue weighted by Crippen LogP contribution is -1.97. The highest BCUT2D eigenvalue weighted by atomic mass is 35.5. The van der Waals surface area contributed by atoms with E-state index in [4.69, 9.17) is 30.2 Å². The predicted octanol–water partition coefficient (Wildman–Crippen LogP) is 5.91. The summed E-state index contributed by atoms with van der Waals surface area (Å²) in [6.07, 6.45) is 5.06. The molecule has 0 bridgehead atoms. The van der Waals surface area contributed by atoms with E-state index in [1.165, 1.54) is 11.3 Å². The first-order valence-electron chi connectivity index (χ1n) is 10.8. The summed E-state index contributed by atoms with van der Waals surface area (Å²) < 4.78 is 24.2. The Hall–Kier alpha value is -4.15. The highest BCUT2D eigenvalue weighted by Gasteiger charge is 2.17. The summed E-state index contributed by atoms with van der Waals surface area (Å²) in [5.74, 6) is 1.67. The molecule has 0 radical (unpaired) electrons. The first-order chi connectivity index (χ1) is 17.6. The molecule has 180 valence electrons. The molecule has 0 N–H and O–H groups in total. The Balaban J connectivity index is 1.27. The molecule has 0 aliphatic carbocycles. The van der Waals surface area contributed by atoms with E-state index in [1.54, 1.807) is 49.5 Å². The fourth-order valence-electron chi connectivity index (χ4n) is 3.76. The van der Waals surface area contributed by atoms with Crippen molar-refractivity contribution >= 4 is 38.9 Å². The van der Waals surface area contributed by atoms with Crippen molar-refractivity contribution in [1.29, 1.82) is 0 Å². The molecule has 6 rings (SSSR count). The van der Waals surface area contributed by atoms with Gasteiger partial charge in [0, 0.05) is 16.7 Å². The first kappa shape index (κ1) is 22.3. The first-order valence-corrected chi connectivity index (χ1v) is 12.0. The third-order valence-corrected chi connectivity index (χ3v) is 6.57. The Morgan fingerprint density at radius 2 is 1.94 bits per heavy atom. The van der Waals surface area contributed by atoms with Gasteiger partial charge in [-0.25, -0.2) is 19.5 Å². The van der Waals surface area contributed by atoms with E-state index in [0.717, 1.165) is 22.2 Å². The topological polar surface area (TPSA) is 96.8 Å². The van der Waals surface area contributed by atoms with Crippen molar-refractivity contribution in [2.45, 2.75) is 6.61 Å². The second-order valence-electron chi connectivity index (χ2n) is 7.78. The van der Waals surface area contributed by atoms with Gasteiger partial charge in [0.05, 0.1) is 43.9 Å². The number of hydrogen-bond acceptors (Lipinski definition) is 9. The highest BCUT2D eigenvalue weighted by Crippen LogP contribution is 2.37. The molecule has 9 nitrogen and oxygen atoms in total. The number of aromatic nitrogens is 5. The van der Waals surface area contributed by atoms with Crippen molar-refractivity contribution in [3.63, 3.8) is 0 Å². The van der Waals surface area contributed by atoms with Crippen molar-refractivity contribution in [2.24, 2.45) is 0 Å². The zero-order valence-electron chi connectivity index (χ0n) is 19.1. The Bertz CT molecular complexity index is 1660. The number of fused-ring (bicyclic) bond motifs is 2. The van der Waals surface area contributed by atoms with Crippen LogP contribution in [0.2, 0.25) is 5.02 Å². The molecule has 0 amide bonds. The molecule has 0 aliphatic heterocycles. The molecule has 0 unspecified atom stereocenters. The molecular weight excluding hydrogens is 502 g/mol. The second-order valence-corrected chi connectivity index (χ2v) is 9.14. The predicted molar refractivity (Wildman–Crippen MR) is 136 cm³/mol. The van der Waals surface area contributed by atoms with Crippen molar-refractivity contribution in [3.8, 4) is 39.5 Å². The molecule has 0 aliphatic rings. The van der Waals surface area contributed by atoms with Gasteiger partial charge in [0.1, 0.15) is 23.6 Å². The minimum atomic E-state index is 0.331. The molecule has 0 spiro atoms. The van der Waals surface area contributed by atoms with Crippen LogP contribution in [0.3, 0.4) is 0 Å². The molecule has 4 aromatic heterocycles. The summed E-state index contributed by atoms with van der Waals surface area (Å²) in [6, 6.07) is 13.4. The number of methoxy groups -OCH3 is 2. The summed E-state index contributed by atoms with van der Waals surface area (Å²) in [6.45, 7) is 0.331. The van der Waals surface area contributed by atoms with Gasteiger partial charge in [-0.15, -0.1) is 5.10 Å². The zero-order valence-corrected chi connectivity index (χ0v) is 20.7. The minimum absolute atomic E-state index is 0.331. The lowest BCUT2D eigenvalue weighted by atomic mass is 10.1. The molecular formula is C25H18ClN5O4S. The summed E-state index contributed by atoms with van der Waals surface area (Å²) in [5.41, 5.74) is 3.91. The van der Waals surface area contributed by atoms with Gasteiger partial charge in [-0.05, 0) is 35.1 Å². The third-order valence-electron chi connectivity index (χ3n) is 5.47. The fourth-order valence-corrected chi connectivity index (χ4v) is 4.65. The summed E-state index contributed by atoms with van der Waals surface area (Å²) >= 11 is 7.71. The number of imidazole rings is 1. The van der Waals surface area contributed by atoms with Crippen LogP contribution in [0.5, 0.6) is 16.8 Å². The Kier molecular flexibility index (Phi) is 5.67. The van der Waals surface area contributed by atoms with Gasteiger partial charge < -0.3 is 18.6 Å². The third kappa shape index (κ3) is 4.21. The average Bonchev–Trinajstić information content (AvgIpc) is 3.60. The van der Waals surface area contributed by atoms with E-state index in [0.29, 0.717) is 50.5 Å². The van der Waals surface area contributed by atoms with Crippen molar-refractivity contribution in [3.05, 3.63) is 71.6 Å². The average molecular weight is 520 g/mol. The molecule has 4 heterocycles. The van der Waals surface area contributed by atoms with Gasteiger partial charge in [0.15, 0.2) is 5.76 Å². The highest BCUT2D eigenvalue weighted by molar-refractivity contribution is 7.18. The SMILES string of the molecule is COc1cnc(-c2cccc(COc3cc(Cl)cc4oc(-c5cn6nc(OC)sc6n5)cc34)c2)cn1. The van der Waals surface area contributed by atoms with E-state index >= 15 is 0 Å². The smallest absolute Gasteiger partial charge is 0.294 e. The van der Waals surface area contributed by atoms with Gasteiger partial charge in [-0.3, -0.25) is 0 Å². The number of ether oxygens (including phenoxy) is 3. The minimum Gasteiger partial charge on any atom is -0.488 e. The Morgan fingerprint density at radius 1 is 1.03 bits per heavy atom. The van der Waals surface area contributed by atoms with Crippen LogP contribution in [0, 0.1) is 0 Å². The van der Waals surface area contributed by atoms with Crippen molar-refractivity contribution in [1.82, 2.24) is 24.6 Å². The monoisotopic (exact) mass is 519 g/mol. The van der Waals surface area contributed by atoms with Crippen LogP contribution < -0.4 is 14.2 Å². The van der Waals surface area contributed by atoms with Gasteiger partial charge in [0.2, 0.25) is 10.8 Å². The Labute approximate surface area is 213 Å².